The molecule has 2 aromatic heterocycles. The highest BCUT2D eigenvalue weighted by molar-refractivity contribution is 5.72. The van der Waals surface area contributed by atoms with E-state index in [2.05, 4.69) is 10.3 Å². The summed E-state index contributed by atoms with van der Waals surface area (Å²) < 4.78 is 5.09. The molecule has 0 amide bonds. The zero-order valence-electron chi connectivity index (χ0n) is 16.9. The van der Waals surface area contributed by atoms with Crippen LogP contribution in [0, 0.1) is 10.8 Å². The summed E-state index contributed by atoms with van der Waals surface area (Å²) in [7, 11) is 0. The number of nitrogens with zero attached hydrogens (tertiary/aromatic N) is 4. The van der Waals surface area contributed by atoms with E-state index in [4.69, 9.17) is 5.21 Å². The molecule has 2 aliphatic carbocycles. The summed E-state index contributed by atoms with van der Waals surface area (Å²) in [5, 5.41) is 15.3. The lowest BCUT2D eigenvalue weighted by Gasteiger charge is -2.30. The number of aryl methyl sites for hydroxylation is 1. The topological polar surface area (TPSA) is 97.3 Å². The lowest BCUT2D eigenvalue weighted by atomic mass is 9.80. The van der Waals surface area contributed by atoms with E-state index < -0.39 is 0 Å². The van der Waals surface area contributed by atoms with Crippen LogP contribution in [0.25, 0.3) is 11.2 Å². The van der Waals surface area contributed by atoms with Gasteiger partial charge in [-0.1, -0.05) is 13.8 Å². The quantitative estimate of drug-likeness (QED) is 0.413. The summed E-state index contributed by atoms with van der Waals surface area (Å²) >= 11 is 0. The Balaban J connectivity index is 1.68. The molecule has 2 bridgehead atoms. The summed E-state index contributed by atoms with van der Waals surface area (Å²) in [6.45, 7) is 5.88. The average Bonchev–Trinajstić information content (AvgIpc) is 3.21. The Morgan fingerprint density at radius 3 is 2.36 bits per heavy atom. The average molecular weight is 390 g/mol. The van der Waals surface area contributed by atoms with E-state index in [9.17, 15) is 9.59 Å². The number of aromatic amines is 1. The van der Waals surface area contributed by atoms with Gasteiger partial charge in [0.05, 0.1) is 0 Å². The van der Waals surface area contributed by atoms with Crippen LogP contribution < -0.4 is 11.2 Å². The first-order chi connectivity index (χ1) is 13.5. The van der Waals surface area contributed by atoms with Crippen molar-refractivity contribution in [1.82, 2.24) is 18.9 Å². The Morgan fingerprint density at radius 2 is 1.71 bits per heavy atom. The van der Waals surface area contributed by atoms with Crippen molar-refractivity contribution < 1.29 is 5.21 Å². The molecule has 0 radical (unpaired) electrons. The third kappa shape index (κ3) is 2.84. The Kier molecular flexibility index (Phi) is 4.75. The number of fused-ring (bicyclic) bond motifs is 3. The van der Waals surface area contributed by atoms with Gasteiger partial charge in [-0.2, -0.15) is 0 Å². The van der Waals surface area contributed by atoms with E-state index in [0.29, 0.717) is 24.3 Å². The van der Waals surface area contributed by atoms with Gasteiger partial charge in [0, 0.05) is 25.8 Å². The van der Waals surface area contributed by atoms with Crippen molar-refractivity contribution in [2.45, 2.75) is 84.8 Å². The van der Waals surface area contributed by atoms with Crippen LogP contribution in [-0.2, 0) is 19.6 Å². The van der Waals surface area contributed by atoms with Crippen molar-refractivity contribution in [1.29, 1.82) is 0 Å². The van der Waals surface area contributed by atoms with Gasteiger partial charge in [-0.3, -0.25) is 23.7 Å². The molecule has 0 spiro atoms. The zero-order chi connectivity index (χ0) is 19.9. The minimum atomic E-state index is -0.207. The van der Waals surface area contributed by atoms with Gasteiger partial charge in [0.25, 0.3) is 5.56 Å². The maximum absolute atomic E-state index is 13.0. The van der Waals surface area contributed by atoms with Crippen LogP contribution in [0.2, 0.25) is 0 Å². The molecule has 2 heterocycles. The maximum Gasteiger partial charge on any atom is 0.332 e. The smallest absolute Gasteiger partial charge is 0.332 e. The van der Waals surface area contributed by atoms with Crippen LogP contribution in [0.15, 0.2) is 14.7 Å². The highest BCUT2D eigenvalue weighted by atomic mass is 16.4. The SMILES string of the molecule is CCCn1c(=O)c2c([nH]n2CC23CCC(CC=NO)(CC2)C3)n(CCC)c1=O. The summed E-state index contributed by atoms with van der Waals surface area (Å²) in [6, 6.07) is 0. The van der Waals surface area contributed by atoms with Gasteiger partial charge in [-0.25, -0.2) is 4.79 Å². The second kappa shape index (κ2) is 6.97. The molecular weight excluding hydrogens is 358 g/mol. The van der Waals surface area contributed by atoms with Crippen LogP contribution >= 0.6 is 0 Å². The van der Waals surface area contributed by atoms with Crippen molar-refractivity contribution in [2.75, 3.05) is 0 Å². The first kappa shape index (κ1) is 19.1. The highest BCUT2D eigenvalue weighted by Crippen LogP contribution is 2.63. The van der Waals surface area contributed by atoms with Crippen LogP contribution in [0.1, 0.15) is 65.2 Å². The second-order valence-electron chi connectivity index (χ2n) is 8.97. The van der Waals surface area contributed by atoms with Crippen molar-refractivity contribution >= 4 is 17.4 Å². The molecule has 0 unspecified atom stereocenters. The van der Waals surface area contributed by atoms with Crippen LogP contribution in [0.4, 0.5) is 0 Å². The number of rotatable bonds is 8. The van der Waals surface area contributed by atoms with E-state index >= 15 is 0 Å². The first-order valence-electron chi connectivity index (χ1n) is 10.6. The predicted octanol–water partition coefficient (Wildman–Crippen LogP) is 2.91. The van der Waals surface area contributed by atoms with Gasteiger partial charge in [0.2, 0.25) is 0 Å². The van der Waals surface area contributed by atoms with Gasteiger partial charge in [0.1, 0.15) is 0 Å². The van der Waals surface area contributed by atoms with E-state index in [1.165, 1.54) is 4.57 Å². The molecule has 8 nitrogen and oxygen atoms in total. The number of H-pyrrole nitrogens is 1. The minimum Gasteiger partial charge on any atom is -0.411 e. The molecule has 0 atom stereocenters. The zero-order valence-corrected chi connectivity index (χ0v) is 16.9. The van der Waals surface area contributed by atoms with Gasteiger partial charge < -0.3 is 5.21 Å². The first-order valence-corrected chi connectivity index (χ1v) is 10.6. The molecule has 0 aliphatic heterocycles. The summed E-state index contributed by atoms with van der Waals surface area (Å²) in [5.74, 6) is 0. The fourth-order valence-electron chi connectivity index (χ4n) is 5.66. The van der Waals surface area contributed by atoms with E-state index in [-0.39, 0.29) is 22.1 Å². The number of hydrogen-bond acceptors (Lipinski definition) is 4. The summed E-state index contributed by atoms with van der Waals surface area (Å²) in [4.78, 5) is 25.8. The molecule has 2 aromatic rings. The van der Waals surface area contributed by atoms with Crippen molar-refractivity contribution in [3.8, 4) is 0 Å². The Labute approximate surface area is 163 Å². The van der Waals surface area contributed by atoms with Crippen LogP contribution in [-0.4, -0.2) is 30.3 Å². The van der Waals surface area contributed by atoms with Crippen LogP contribution in [0.5, 0.6) is 0 Å². The fourth-order valence-corrected chi connectivity index (χ4v) is 5.66. The molecular formula is C20H31N5O3. The number of hydrogen-bond donors (Lipinski definition) is 2. The normalized spacial score (nSPS) is 26.9. The molecule has 0 saturated heterocycles. The standard InChI is InChI=1S/C20H31N5O3/c1-3-11-23-16-15(17(26)24(12-4-2)18(23)27)25(22-16)14-20-7-5-19(13-20,6-8-20)9-10-21-28/h10,22,28H,3-9,11-14H2,1-2H3. The summed E-state index contributed by atoms with van der Waals surface area (Å²) in [6.07, 6.45) is 9.74. The molecule has 2 N–H and O–H groups in total. The van der Waals surface area contributed by atoms with E-state index in [0.717, 1.165) is 57.9 Å². The largest absolute Gasteiger partial charge is 0.411 e. The van der Waals surface area contributed by atoms with Crippen molar-refractivity contribution in [2.24, 2.45) is 16.0 Å². The third-order valence-electron chi connectivity index (χ3n) is 7.03. The number of nitrogens with one attached hydrogen (secondary N) is 1. The van der Waals surface area contributed by atoms with E-state index in [1.54, 1.807) is 10.8 Å². The van der Waals surface area contributed by atoms with Gasteiger partial charge in [0.15, 0.2) is 11.2 Å². The van der Waals surface area contributed by atoms with Crippen molar-refractivity contribution in [3.05, 3.63) is 20.8 Å². The third-order valence-corrected chi connectivity index (χ3v) is 7.03. The number of aromatic nitrogens is 4. The molecule has 28 heavy (non-hydrogen) atoms. The van der Waals surface area contributed by atoms with Gasteiger partial charge in [-0.15, -0.1) is 5.16 Å². The summed E-state index contributed by atoms with van der Waals surface area (Å²) in [5.41, 5.74) is 1.40. The van der Waals surface area contributed by atoms with Gasteiger partial charge in [-0.05, 0) is 62.2 Å². The predicted molar refractivity (Wildman–Crippen MR) is 108 cm³/mol. The monoisotopic (exact) mass is 389 g/mol. The fraction of sp³-hybridized carbons (Fsp3) is 0.750. The lowest BCUT2D eigenvalue weighted by Crippen LogP contribution is -2.44. The Bertz CT molecular complexity index is 998. The molecule has 154 valence electrons. The lowest BCUT2D eigenvalue weighted by molar-refractivity contribution is 0.234. The van der Waals surface area contributed by atoms with Crippen LogP contribution in [0.3, 0.4) is 0 Å². The van der Waals surface area contributed by atoms with E-state index in [1.807, 2.05) is 18.5 Å². The molecule has 2 aliphatic rings. The molecule has 2 saturated carbocycles. The van der Waals surface area contributed by atoms with Gasteiger partial charge >= 0.3 is 5.69 Å². The number of oxime groups is 1. The second-order valence-corrected chi connectivity index (χ2v) is 8.97. The molecule has 4 rings (SSSR count). The molecule has 0 aromatic carbocycles. The van der Waals surface area contributed by atoms with Crippen molar-refractivity contribution in [3.63, 3.8) is 0 Å². The highest BCUT2D eigenvalue weighted by Gasteiger charge is 2.53. The minimum absolute atomic E-state index is 0.168. The molecule has 8 heteroatoms. The Morgan fingerprint density at radius 1 is 1.07 bits per heavy atom. The Hall–Kier alpha value is -2.25. The molecule has 2 fully saturated rings. The maximum atomic E-state index is 13.0.